The Hall–Kier alpha value is -2.10. The molecule has 0 bridgehead atoms. The average molecular weight is 432 g/mol. The van der Waals surface area contributed by atoms with E-state index in [4.69, 9.17) is 0 Å². The molecule has 2 aromatic carbocycles. The second-order valence-electron chi connectivity index (χ2n) is 10.6. The van der Waals surface area contributed by atoms with Crippen LogP contribution in [0.25, 0.3) is 0 Å². The quantitative estimate of drug-likeness (QED) is 0.636. The topological polar surface area (TPSA) is 27.3 Å². The van der Waals surface area contributed by atoms with Crippen molar-refractivity contribution in [1.82, 2.24) is 15.5 Å². The molecule has 2 aromatic rings. The molecule has 2 N–H and O–H groups in total. The van der Waals surface area contributed by atoms with E-state index in [0.717, 1.165) is 38.3 Å². The van der Waals surface area contributed by atoms with E-state index < -0.39 is 0 Å². The molecule has 172 valence electrons. The third kappa shape index (κ3) is 4.94. The zero-order chi connectivity index (χ0) is 22.7. The van der Waals surface area contributed by atoms with Crippen molar-refractivity contribution in [2.75, 3.05) is 19.6 Å². The second kappa shape index (κ2) is 9.80. The maximum absolute atomic E-state index is 4.45. The van der Waals surface area contributed by atoms with E-state index in [1.165, 1.54) is 23.1 Å². The van der Waals surface area contributed by atoms with E-state index in [-0.39, 0.29) is 5.41 Å². The SMILES string of the molecule is C=C(N[C@H](CN1CC[C@@](C)(c2ccccc2)[C@@H](C)C1)C(C)C)[C@H]1Cc2ccccc2CN1. The summed E-state index contributed by atoms with van der Waals surface area (Å²) in [5.74, 6) is 1.19. The van der Waals surface area contributed by atoms with Crippen molar-refractivity contribution in [3.8, 4) is 0 Å². The van der Waals surface area contributed by atoms with Crippen molar-refractivity contribution in [2.24, 2.45) is 11.8 Å². The van der Waals surface area contributed by atoms with E-state index in [1.54, 1.807) is 0 Å². The van der Waals surface area contributed by atoms with Crippen LogP contribution in [0, 0.1) is 11.8 Å². The molecule has 0 spiro atoms. The summed E-state index contributed by atoms with van der Waals surface area (Å²) < 4.78 is 0. The first-order valence-electron chi connectivity index (χ1n) is 12.4. The smallest absolute Gasteiger partial charge is 0.0507 e. The lowest BCUT2D eigenvalue weighted by molar-refractivity contribution is 0.0970. The molecule has 3 heteroatoms. The van der Waals surface area contributed by atoms with Crippen molar-refractivity contribution in [3.05, 3.63) is 83.6 Å². The average Bonchev–Trinajstić information content (AvgIpc) is 2.81. The first-order chi connectivity index (χ1) is 15.4. The van der Waals surface area contributed by atoms with Crippen molar-refractivity contribution < 1.29 is 0 Å². The Morgan fingerprint density at radius 1 is 1.12 bits per heavy atom. The molecule has 2 aliphatic rings. The first-order valence-corrected chi connectivity index (χ1v) is 12.4. The molecule has 0 amide bonds. The molecular weight excluding hydrogens is 390 g/mol. The third-order valence-electron chi connectivity index (χ3n) is 8.13. The normalized spacial score (nSPS) is 27.0. The molecule has 0 unspecified atom stereocenters. The number of hydrogen-bond donors (Lipinski definition) is 2. The predicted octanol–water partition coefficient (Wildman–Crippen LogP) is 5.13. The molecule has 3 nitrogen and oxygen atoms in total. The molecular formula is C29H41N3. The van der Waals surface area contributed by atoms with Gasteiger partial charge in [0.1, 0.15) is 0 Å². The Balaban J connectivity index is 1.36. The molecule has 4 atom stereocenters. The van der Waals surface area contributed by atoms with Crippen LogP contribution in [-0.4, -0.2) is 36.6 Å². The summed E-state index contributed by atoms with van der Waals surface area (Å²) in [5.41, 5.74) is 5.76. The van der Waals surface area contributed by atoms with Gasteiger partial charge >= 0.3 is 0 Å². The summed E-state index contributed by atoms with van der Waals surface area (Å²) in [7, 11) is 0. The molecule has 4 rings (SSSR count). The fourth-order valence-corrected chi connectivity index (χ4v) is 5.47. The fraction of sp³-hybridized carbons (Fsp3) is 0.517. The van der Waals surface area contributed by atoms with Crippen LogP contribution in [0.4, 0.5) is 0 Å². The summed E-state index contributed by atoms with van der Waals surface area (Å²) in [4.78, 5) is 2.67. The number of nitrogens with zero attached hydrogens (tertiary/aromatic N) is 1. The van der Waals surface area contributed by atoms with Crippen LogP contribution in [0.1, 0.15) is 50.8 Å². The Labute approximate surface area is 195 Å². The van der Waals surface area contributed by atoms with E-state index in [0.29, 0.717) is 23.9 Å². The molecule has 32 heavy (non-hydrogen) atoms. The van der Waals surface area contributed by atoms with E-state index in [9.17, 15) is 0 Å². The molecule has 0 aliphatic carbocycles. The van der Waals surface area contributed by atoms with Crippen LogP contribution in [-0.2, 0) is 18.4 Å². The highest BCUT2D eigenvalue weighted by atomic mass is 15.2. The minimum atomic E-state index is 0.265. The summed E-state index contributed by atoms with van der Waals surface area (Å²) in [6.45, 7) is 18.3. The second-order valence-corrected chi connectivity index (χ2v) is 10.6. The molecule has 0 aromatic heterocycles. The largest absolute Gasteiger partial charge is 0.383 e. The summed E-state index contributed by atoms with van der Waals surface area (Å²) in [6, 6.07) is 20.6. The number of rotatable bonds is 7. The van der Waals surface area contributed by atoms with Crippen LogP contribution >= 0.6 is 0 Å². The molecule has 1 saturated heterocycles. The van der Waals surface area contributed by atoms with Crippen molar-refractivity contribution in [1.29, 1.82) is 0 Å². The highest BCUT2D eigenvalue weighted by Crippen LogP contribution is 2.39. The van der Waals surface area contributed by atoms with Crippen LogP contribution in [0.15, 0.2) is 66.9 Å². The fourth-order valence-electron chi connectivity index (χ4n) is 5.47. The summed E-state index contributed by atoms with van der Waals surface area (Å²) in [6.07, 6.45) is 2.23. The summed E-state index contributed by atoms with van der Waals surface area (Å²) >= 11 is 0. The van der Waals surface area contributed by atoms with Crippen LogP contribution in [0.3, 0.4) is 0 Å². The maximum Gasteiger partial charge on any atom is 0.0507 e. The van der Waals surface area contributed by atoms with Gasteiger partial charge in [-0.1, -0.05) is 88.9 Å². The van der Waals surface area contributed by atoms with Crippen LogP contribution in [0.5, 0.6) is 0 Å². The zero-order valence-electron chi connectivity index (χ0n) is 20.4. The number of benzene rings is 2. The van der Waals surface area contributed by atoms with Gasteiger partial charge in [-0.2, -0.15) is 0 Å². The van der Waals surface area contributed by atoms with Crippen LogP contribution in [0.2, 0.25) is 0 Å². The molecule has 2 heterocycles. The molecule has 1 fully saturated rings. The number of likely N-dealkylation sites (tertiary alicyclic amines) is 1. The van der Waals surface area contributed by atoms with Gasteiger partial charge in [-0.05, 0) is 53.3 Å². The first kappa shape index (κ1) is 23.1. The van der Waals surface area contributed by atoms with E-state index >= 15 is 0 Å². The van der Waals surface area contributed by atoms with Crippen molar-refractivity contribution in [3.63, 3.8) is 0 Å². The van der Waals surface area contributed by atoms with E-state index in [2.05, 4.69) is 104 Å². The van der Waals surface area contributed by atoms with Gasteiger partial charge in [0.05, 0.1) is 6.04 Å². The standard InChI is InChI=1S/C29H41N3/c1-21(2)28(31-23(4)27-17-24-11-9-10-12-25(24)18-30-27)20-32-16-15-29(5,22(3)19-32)26-13-7-6-8-14-26/h6-14,21-22,27-28,30-31H,4,15-20H2,1-3,5H3/t22-,27+,28+,29+/m0/s1. The number of nitrogens with one attached hydrogen (secondary N) is 2. The number of fused-ring (bicyclic) bond motifs is 1. The lowest BCUT2D eigenvalue weighted by Gasteiger charge is -2.46. The maximum atomic E-state index is 4.45. The van der Waals surface area contributed by atoms with Crippen LogP contribution < -0.4 is 10.6 Å². The lowest BCUT2D eigenvalue weighted by Crippen LogP contribution is -2.53. The summed E-state index contributed by atoms with van der Waals surface area (Å²) in [5, 5.41) is 7.52. The minimum Gasteiger partial charge on any atom is -0.383 e. The van der Waals surface area contributed by atoms with Crippen molar-refractivity contribution in [2.45, 2.75) is 64.6 Å². The third-order valence-corrected chi connectivity index (χ3v) is 8.13. The van der Waals surface area contributed by atoms with Gasteiger partial charge in [0.15, 0.2) is 0 Å². The van der Waals surface area contributed by atoms with Gasteiger partial charge in [0.25, 0.3) is 0 Å². The highest BCUT2D eigenvalue weighted by molar-refractivity contribution is 5.32. The molecule has 0 saturated carbocycles. The Morgan fingerprint density at radius 3 is 2.50 bits per heavy atom. The van der Waals surface area contributed by atoms with Crippen molar-refractivity contribution >= 4 is 0 Å². The monoisotopic (exact) mass is 431 g/mol. The van der Waals surface area contributed by atoms with Gasteiger partial charge in [0, 0.05) is 31.4 Å². The Morgan fingerprint density at radius 2 is 1.81 bits per heavy atom. The number of piperidine rings is 1. The lowest BCUT2D eigenvalue weighted by atomic mass is 9.68. The molecule has 0 radical (unpaired) electrons. The van der Waals surface area contributed by atoms with Gasteiger partial charge < -0.3 is 15.5 Å². The zero-order valence-corrected chi connectivity index (χ0v) is 20.4. The van der Waals surface area contributed by atoms with Gasteiger partial charge in [-0.3, -0.25) is 0 Å². The Bertz CT molecular complexity index is 906. The predicted molar refractivity (Wildman–Crippen MR) is 136 cm³/mol. The number of hydrogen-bond acceptors (Lipinski definition) is 3. The minimum absolute atomic E-state index is 0.265. The van der Waals surface area contributed by atoms with E-state index in [1.807, 2.05) is 0 Å². The highest BCUT2D eigenvalue weighted by Gasteiger charge is 2.38. The molecule has 2 aliphatic heterocycles. The van der Waals surface area contributed by atoms with Gasteiger partial charge in [-0.15, -0.1) is 0 Å². The van der Waals surface area contributed by atoms with Gasteiger partial charge in [0.2, 0.25) is 0 Å². The Kier molecular flexibility index (Phi) is 7.07. The van der Waals surface area contributed by atoms with Gasteiger partial charge in [-0.25, -0.2) is 0 Å².